The van der Waals surface area contributed by atoms with Crippen molar-refractivity contribution in [2.24, 2.45) is 5.41 Å². The third kappa shape index (κ3) is 3.63. The molecule has 22 heavy (non-hydrogen) atoms. The zero-order valence-corrected chi connectivity index (χ0v) is 14.4. The van der Waals surface area contributed by atoms with Gasteiger partial charge in [-0.25, -0.2) is 0 Å². The zero-order valence-electron chi connectivity index (χ0n) is 14.4. The Bertz CT molecular complexity index is 391. The van der Waals surface area contributed by atoms with Gasteiger partial charge in [0.15, 0.2) is 0 Å². The highest BCUT2D eigenvalue weighted by atomic mass is 16.5. The molecule has 0 heterocycles. The molecule has 0 bridgehead atoms. The molecular formula is C17H32N2O3. The number of nitrogens with one attached hydrogen (secondary N) is 2. The molecule has 2 saturated carbocycles. The van der Waals surface area contributed by atoms with Crippen LogP contribution in [0.15, 0.2) is 0 Å². The molecule has 0 radical (unpaired) electrons. The number of hydrogen-bond donors (Lipinski definition) is 3. The van der Waals surface area contributed by atoms with E-state index in [1.165, 1.54) is 0 Å². The van der Waals surface area contributed by atoms with Crippen LogP contribution in [0.2, 0.25) is 0 Å². The lowest BCUT2D eigenvalue weighted by molar-refractivity contribution is -0.238. The molecule has 2 aliphatic carbocycles. The smallest absolute Gasteiger partial charge is 0.217 e. The van der Waals surface area contributed by atoms with Gasteiger partial charge in [-0.15, -0.1) is 0 Å². The van der Waals surface area contributed by atoms with E-state index in [1.807, 2.05) is 6.92 Å². The summed E-state index contributed by atoms with van der Waals surface area (Å²) >= 11 is 0. The molecule has 0 aromatic heterocycles. The molecule has 1 amide bonds. The molecule has 128 valence electrons. The monoisotopic (exact) mass is 312 g/mol. The predicted octanol–water partition coefficient (Wildman–Crippen LogP) is 1.59. The molecule has 0 saturated heterocycles. The summed E-state index contributed by atoms with van der Waals surface area (Å²) in [6.07, 6.45) is 5.00. The Morgan fingerprint density at radius 2 is 1.82 bits per heavy atom. The van der Waals surface area contributed by atoms with Gasteiger partial charge in [0, 0.05) is 44.0 Å². The Hall–Kier alpha value is -0.650. The molecule has 2 fully saturated rings. The zero-order chi connectivity index (χ0) is 16.4. The van der Waals surface area contributed by atoms with Crippen molar-refractivity contribution < 1.29 is 14.6 Å². The van der Waals surface area contributed by atoms with Crippen LogP contribution in [-0.2, 0) is 9.53 Å². The van der Waals surface area contributed by atoms with Gasteiger partial charge in [-0.1, -0.05) is 13.8 Å². The number of ether oxygens (including phenoxy) is 1. The number of rotatable bonds is 6. The highest BCUT2D eigenvalue weighted by Crippen LogP contribution is 2.51. The quantitative estimate of drug-likeness (QED) is 0.696. The van der Waals surface area contributed by atoms with E-state index in [4.69, 9.17) is 4.74 Å². The Morgan fingerprint density at radius 3 is 2.32 bits per heavy atom. The first-order chi connectivity index (χ1) is 10.3. The van der Waals surface area contributed by atoms with Gasteiger partial charge in [0.1, 0.15) is 0 Å². The van der Waals surface area contributed by atoms with E-state index in [9.17, 15) is 9.90 Å². The van der Waals surface area contributed by atoms with Crippen LogP contribution in [0, 0.1) is 5.41 Å². The topological polar surface area (TPSA) is 70.6 Å². The average Bonchev–Trinajstić information content (AvgIpc) is 2.46. The van der Waals surface area contributed by atoms with E-state index < -0.39 is 5.60 Å². The third-order valence-electron chi connectivity index (χ3n) is 5.71. The Morgan fingerprint density at radius 1 is 1.23 bits per heavy atom. The van der Waals surface area contributed by atoms with Gasteiger partial charge in [0.25, 0.3) is 0 Å². The molecule has 2 rings (SSSR count). The Balaban J connectivity index is 1.74. The molecule has 2 aliphatic rings. The van der Waals surface area contributed by atoms with Crippen molar-refractivity contribution >= 4 is 5.91 Å². The molecule has 0 aliphatic heterocycles. The molecule has 5 heteroatoms. The summed E-state index contributed by atoms with van der Waals surface area (Å²) in [4.78, 5) is 11.1. The van der Waals surface area contributed by atoms with Crippen molar-refractivity contribution in [3.63, 3.8) is 0 Å². The summed E-state index contributed by atoms with van der Waals surface area (Å²) in [7, 11) is 0. The minimum Gasteiger partial charge on any atom is -0.388 e. The fraction of sp³-hybridized carbons (Fsp3) is 0.941. The highest BCUT2D eigenvalue weighted by molar-refractivity contribution is 5.73. The normalized spacial score (nSPS) is 37.4. The molecule has 3 N–H and O–H groups in total. The summed E-state index contributed by atoms with van der Waals surface area (Å²) < 4.78 is 5.70. The van der Waals surface area contributed by atoms with Gasteiger partial charge < -0.3 is 20.5 Å². The van der Waals surface area contributed by atoms with E-state index >= 15 is 0 Å². The molecule has 0 aromatic rings. The third-order valence-corrected chi connectivity index (χ3v) is 5.71. The minimum absolute atomic E-state index is 0.0592. The second-order valence-corrected chi connectivity index (χ2v) is 7.53. The van der Waals surface area contributed by atoms with E-state index in [2.05, 4.69) is 24.5 Å². The first kappa shape index (κ1) is 17.7. The fourth-order valence-corrected chi connectivity index (χ4v) is 3.80. The van der Waals surface area contributed by atoms with E-state index in [1.54, 1.807) is 6.92 Å². The summed E-state index contributed by atoms with van der Waals surface area (Å²) in [5, 5.41) is 17.4. The van der Waals surface area contributed by atoms with Crippen molar-refractivity contribution in [3.8, 4) is 0 Å². The predicted molar refractivity (Wildman–Crippen MR) is 86.6 cm³/mol. The summed E-state index contributed by atoms with van der Waals surface area (Å²) in [5.41, 5.74) is -0.884. The lowest BCUT2D eigenvalue weighted by Gasteiger charge is -2.58. The van der Waals surface area contributed by atoms with Crippen LogP contribution in [0.3, 0.4) is 0 Å². The SMILES string of the molecule is CCOC1CC(O)(CNC2CCC(NC(C)=O)CC2)C1(C)C. The Kier molecular flexibility index (Phi) is 5.51. The number of amides is 1. The van der Waals surface area contributed by atoms with Gasteiger partial charge >= 0.3 is 0 Å². The van der Waals surface area contributed by atoms with Crippen molar-refractivity contribution in [1.82, 2.24) is 10.6 Å². The van der Waals surface area contributed by atoms with E-state index in [0.717, 1.165) is 25.7 Å². The van der Waals surface area contributed by atoms with Crippen LogP contribution < -0.4 is 10.6 Å². The van der Waals surface area contributed by atoms with E-state index in [0.29, 0.717) is 31.7 Å². The second-order valence-electron chi connectivity index (χ2n) is 7.53. The molecule has 5 nitrogen and oxygen atoms in total. The van der Waals surface area contributed by atoms with E-state index in [-0.39, 0.29) is 17.4 Å². The van der Waals surface area contributed by atoms with Gasteiger partial charge in [0.05, 0.1) is 11.7 Å². The first-order valence-electron chi connectivity index (χ1n) is 8.63. The fourth-order valence-electron chi connectivity index (χ4n) is 3.80. The maximum Gasteiger partial charge on any atom is 0.217 e. The van der Waals surface area contributed by atoms with Crippen LogP contribution in [0.25, 0.3) is 0 Å². The van der Waals surface area contributed by atoms with Gasteiger partial charge in [-0.2, -0.15) is 0 Å². The van der Waals surface area contributed by atoms with Crippen LogP contribution in [-0.4, -0.2) is 48.0 Å². The second kappa shape index (κ2) is 6.85. The van der Waals surface area contributed by atoms with Crippen LogP contribution in [0.4, 0.5) is 0 Å². The minimum atomic E-state index is -0.679. The number of hydrogen-bond acceptors (Lipinski definition) is 4. The summed E-state index contributed by atoms with van der Waals surface area (Å²) in [5.74, 6) is 0.0592. The van der Waals surface area contributed by atoms with Crippen LogP contribution >= 0.6 is 0 Å². The van der Waals surface area contributed by atoms with Crippen molar-refractivity contribution in [1.29, 1.82) is 0 Å². The standard InChI is InChI=1S/C17H32N2O3/c1-5-22-15-10-17(21,16(15,3)4)11-18-13-6-8-14(9-7-13)19-12(2)20/h13-15,18,21H,5-11H2,1-4H3,(H,19,20). The lowest BCUT2D eigenvalue weighted by Crippen LogP contribution is -2.69. The molecule has 2 unspecified atom stereocenters. The molecule has 2 atom stereocenters. The Labute approximate surface area is 134 Å². The van der Waals surface area contributed by atoms with Crippen LogP contribution in [0.1, 0.15) is 59.8 Å². The first-order valence-corrected chi connectivity index (χ1v) is 8.63. The number of carbonyl (C=O) groups excluding carboxylic acids is 1. The maximum atomic E-state index is 11.1. The summed E-state index contributed by atoms with van der Waals surface area (Å²) in [6, 6.07) is 0.761. The lowest BCUT2D eigenvalue weighted by atomic mass is 9.56. The molecule has 0 aromatic carbocycles. The summed E-state index contributed by atoms with van der Waals surface area (Å²) in [6.45, 7) is 9.08. The van der Waals surface area contributed by atoms with Crippen molar-refractivity contribution in [2.45, 2.75) is 83.6 Å². The van der Waals surface area contributed by atoms with Crippen LogP contribution in [0.5, 0.6) is 0 Å². The number of aliphatic hydroxyl groups is 1. The average molecular weight is 312 g/mol. The molecular weight excluding hydrogens is 280 g/mol. The van der Waals surface area contributed by atoms with Gasteiger partial charge in [-0.05, 0) is 32.6 Å². The maximum absolute atomic E-state index is 11.1. The number of carbonyl (C=O) groups is 1. The van der Waals surface area contributed by atoms with Crippen molar-refractivity contribution in [3.05, 3.63) is 0 Å². The van der Waals surface area contributed by atoms with Gasteiger partial charge in [-0.3, -0.25) is 4.79 Å². The van der Waals surface area contributed by atoms with Gasteiger partial charge in [0.2, 0.25) is 5.91 Å². The van der Waals surface area contributed by atoms with Crippen molar-refractivity contribution in [2.75, 3.05) is 13.2 Å². The largest absolute Gasteiger partial charge is 0.388 e. The molecule has 0 spiro atoms. The highest BCUT2D eigenvalue weighted by Gasteiger charge is 2.59.